The first-order valence-electron chi connectivity index (χ1n) is 6.16. The van der Waals surface area contributed by atoms with E-state index in [4.69, 9.17) is 5.26 Å². The van der Waals surface area contributed by atoms with Crippen LogP contribution in [0.4, 0.5) is 13.2 Å². The summed E-state index contributed by atoms with van der Waals surface area (Å²) in [5.41, 5.74) is -1.02. The number of nitrogens with zero attached hydrogens (tertiary/aromatic N) is 2. The van der Waals surface area contributed by atoms with E-state index < -0.39 is 32.7 Å². The number of halogens is 3. The molecule has 4 nitrogen and oxygen atoms in total. The Morgan fingerprint density at radius 3 is 2.43 bits per heavy atom. The molecule has 0 unspecified atom stereocenters. The molecule has 0 atom stereocenters. The molecule has 8 heteroatoms. The molecule has 0 fully saturated rings. The summed E-state index contributed by atoms with van der Waals surface area (Å²) >= 11 is 0. The van der Waals surface area contributed by atoms with Gasteiger partial charge in [-0.25, -0.2) is 8.42 Å². The fourth-order valence-corrected chi connectivity index (χ4v) is 3.47. The summed E-state index contributed by atoms with van der Waals surface area (Å²) in [6.07, 6.45) is -4.64. The Morgan fingerprint density at radius 1 is 1.33 bits per heavy atom. The van der Waals surface area contributed by atoms with E-state index in [-0.39, 0.29) is 13.0 Å². The first-order chi connectivity index (χ1) is 9.60. The molecule has 0 aromatic heterocycles. The van der Waals surface area contributed by atoms with Crippen molar-refractivity contribution in [3.63, 3.8) is 0 Å². The molecule has 0 heterocycles. The lowest BCUT2D eigenvalue weighted by molar-refractivity contribution is -0.137. The van der Waals surface area contributed by atoms with Crippen molar-refractivity contribution in [2.75, 3.05) is 6.54 Å². The third-order valence-corrected chi connectivity index (χ3v) is 4.86. The van der Waals surface area contributed by atoms with E-state index >= 15 is 0 Å². The predicted octanol–water partition coefficient (Wildman–Crippen LogP) is 3.02. The zero-order valence-corrected chi connectivity index (χ0v) is 12.4. The zero-order chi connectivity index (χ0) is 16.3. The third kappa shape index (κ3) is 4.19. The Morgan fingerprint density at radius 2 is 1.95 bits per heavy atom. The second kappa shape index (κ2) is 6.45. The van der Waals surface area contributed by atoms with Crippen LogP contribution < -0.4 is 0 Å². The topological polar surface area (TPSA) is 61.2 Å². The summed E-state index contributed by atoms with van der Waals surface area (Å²) in [5.74, 6) is 0. The van der Waals surface area contributed by atoms with Gasteiger partial charge in [-0.1, -0.05) is 6.07 Å². The maximum Gasteiger partial charge on any atom is 0.416 e. The van der Waals surface area contributed by atoms with Crippen molar-refractivity contribution < 1.29 is 21.6 Å². The van der Waals surface area contributed by atoms with Crippen LogP contribution in [0.3, 0.4) is 0 Å². The lowest BCUT2D eigenvalue weighted by Crippen LogP contribution is -2.37. The largest absolute Gasteiger partial charge is 0.416 e. The van der Waals surface area contributed by atoms with Gasteiger partial charge in [0.15, 0.2) is 0 Å². The normalized spacial score (nSPS) is 12.7. The number of benzene rings is 1. The first-order valence-corrected chi connectivity index (χ1v) is 7.60. The lowest BCUT2D eigenvalue weighted by Gasteiger charge is -2.25. The molecule has 0 radical (unpaired) electrons. The molecule has 0 amide bonds. The number of sulfonamides is 1. The predicted molar refractivity (Wildman–Crippen MR) is 70.7 cm³/mol. The molecule has 1 rings (SSSR count). The molecule has 0 saturated heterocycles. The Bertz CT molecular complexity index is 634. The molecule has 1 aromatic rings. The SMILES string of the molecule is CC(C)N(CCC#N)S(=O)(=O)c1cccc(C(F)(F)F)c1. The number of rotatable bonds is 5. The van der Waals surface area contributed by atoms with Gasteiger partial charge in [-0.05, 0) is 32.0 Å². The summed E-state index contributed by atoms with van der Waals surface area (Å²) in [6, 6.07) is 4.96. The molecule has 0 saturated carbocycles. The van der Waals surface area contributed by atoms with Crippen LogP contribution >= 0.6 is 0 Å². The quantitative estimate of drug-likeness (QED) is 0.838. The average Bonchev–Trinajstić information content (AvgIpc) is 2.37. The van der Waals surface area contributed by atoms with E-state index in [2.05, 4.69) is 0 Å². The highest BCUT2D eigenvalue weighted by atomic mass is 32.2. The van der Waals surface area contributed by atoms with Crippen LogP contribution in [0, 0.1) is 11.3 Å². The Kier molecular flexibility index (Phi) is 5.36. The van der Waals surface area contributed by atoms with E-state index in [1.807, 2.05) is 6.07 Å². The molecule has 0 aliphatic carbocycles. The zero-order valence-electron chi connectivity index (χ0n) is 11.6. The van der Waals surface area contributed by atoms with Gasteiger partial charge in [0.25, 0.3) is 0 Å². The minimum atomic E-state index is -4.61. The van der Waals surface area contributed by atoms with Crippen molar-refractivity contribution in [2.45, 2.75) is 37.4 Å². The van der Waals surface area contributed by atoms with E-state index in [0.29, 0.717) is 6.07 Å². The van der Waals surface area contributed by atoms with Crippen LogP contribution in [0.1, 0.15) is 25.8 Å². The van der Waals surface area contributed by atoms with Crippen LogP contribution in [0.15, 0.2) is 29.2 Å². The number of hydrogen-bond acceptors (Lipinski definition) is 3. The molecule has 1 aromatic carbocycles. The Hall–Kier alpha value is -1.59. The van der Waals surface area contributed by atoms with E-state index in [9.17, 15) is 21.6 Å². The van der Waals surface area contributed by atoms with Gasteiger partial charge in [-0.3, -0.25) is 0 Å². The standard InChI is InChI=1S/C13H15F3N2O2S/c1-10(2)18(8-4-7-17)21(19,20)12-6-3-5-11(9-12)13(14,15)16/h3,5-6,9-10H,4,8H2,1-2H3. The minimum Gasteiger partial charge on any atom is -0.207 e. The molecule has 0 spiro atoms. The molecule has 0 aliphatic rings. The van der Waals surface area contributed by atoms with Crippen LogP contribution in [0.5, 0.6) is 0 Å². The second-order valence-corrected chi connectivity index (χ2v) is 6.53. The number of alkyl halides is 3. The summed E-state index contributed by atoms with van der Waals surface area (Å²) in [7, 11) is -4.07. The number of nitriles is 1. The van der Waals surface area contributed by atoms with E-state index in [1.54, 1.807) is 13.8 Å². The first kappa shape index (κ1) is 17.5. The summed E-state index contributed by atoms with van der Waals surface area (Å²) in [5, 5.41) is 8.56. The van der Waals surface area contributed by atoms with Crippen molar-refractivity contribution >= 4 is 10.0 Å². The molecular weight excluding hydrogens is 305 g/mol. The molecule has 21 heavy (non-hydrogen) atoms. The smallest absolute Gasteiger partial charge is 0.207 e. The van der Waals surface area contributed by atoms with E-state index in [1.165, 1.54) is 0 Å². The highest BCUT2D eigenvalue weighted by molar-refractivity contribution is 7.89. The van der Waals surface area contributed by atoms with Crippen molar-refractivity contribution in [3.8, 4) is 6.07 Å². The Balaban J connectivity index is 3.26. The van der Waals surface area contributed by atoms with Crippen LogP contribution in [0.25, 0.3) is 0 Å². The highest BCUT2D eigenvalue weighted by Crippen LogP contribution is 2.31. The summed E-state index contributed by atoms with van der Waals surface area (Å²) in [4.78, 5) is -0.427. The van der Waals surface area contributed by atoms with E-state index in [0.717, 1.165) is 22.5 Å². The maximum atomic E-state index is 12.7. The second-order valence-electron chi connectivity index (χ2n) is 4.64. The summed E-state index contributed by atoms with van der Waals surface area (Å²) in [6.45, 7) is 3.14. The summed E-state index contributed by atoms with van der Waals surface area (Å²) < 4.78 is 63.8. The highest BCUT2D eigenvalue weighted by Gasteiger charge is 2.33. The van der Waals surface area contributed by atoms with Crippen LogP contribution in [-0.2, 0) is 16.2 Å². The van der Waals surface area contributed by atoms with Crippen LogP contribution in [0.2, 0.25) is 0 Å². The number of hydrogen-bond donors (Lipinski definition) is 0. The third-order valence-electron chi connectivity index (χ3n) is 2.79. The van der Waals surface area contributed by atoms with Crippen molar-refractivity contribution in [2.24, 2.45) is 0 Å². The fraction of sp³-hybridized carbons (Fsp3) is 0.462. The lowest BCUT2D eigenvalue weighted by atomic mass is 10.2. The van der Waals surface area contributed by atoms with Gasteiger partial charge in [0.2, 0.25) is 10.0 Å². The van der Waals surface area contributed by atoms with Gasteiger partial charge in [-0.15, -0.1) is 0 Å². The monoisotopic (exact) mass is 320 g/mol. The van der Waals surface area contributed by atoms with Gasteiger partial charge in [0, 0.05) is 19.0 Å². The van der Waals surface area contributed by atoms with Crippen molar-refractivity contribution in [1.29, 1.82) is 5.26 Å². The van der Waals surface area contributed by atoms with Crippen molar-refractivity contribution in [1.82, 2.24) is 4.31 Å². The fourth-order valence-electron chi connectivity index (χ4n) is 1.78. The van der Waals surface area contributed by atoms with Gasteiger partial charge in [0.05, 0.1) is 16.5 Å². The molecule has 0 bridgehead atoms. The molecular formula is C13H15F3N2O2S. The van der Waals surface area contributed by atoms with Gasteiger partial charge < -0.3 is 0 Å². The molecule has 116 valence electrons. The van der Waals surface area contributed by atoms with Gasteiger partial charge >= 0.3 is 6.18 Å². The Labute approximate surface area is 121 Å². The van der Waals surface area contributed by atoms with Crippen LogP contribution in [-0.4, -0.2) is 25.3 Å². The molecule has 0 aliphatic heterocycles. The van der Waals surface area contributed by atoms with Crippen molar-refractivity contribution in [3.05, 3.63) is 29.8 Å². The minimum absolute atomic E-state index is 0.0314. The maximum absolute atomic E-state index is 12.7. The molecule has 0 N–H and O–H groups in total. The van der Waals surface area contributed by atoms with Gasteiger partial charge in [-0.2, -0.15) is 22.7 Å². The van der Waals surface area contributed by atoms with Gasteiger partial charge in [0.1, 0.15) is 0 Å². The average molecular weight is 320 g/mol.